The maximum absolute atomic E-state index is 11.9. The fraction of sp³-hybridized carbons (Fsp3) is 0.214. The molecule has 106 valence electrons. The van der Waals surface area contributed by atoms with Gasteiger partial charge in [0.05, 0.1) is 10.0 Å². The first-order valence-electron chi connectivity index (χ1n) is 5.94. The SMILES string of the molecule is Cc1ccsc1[C@H](O)CNC(=O)c1ccc(Cl)c(Cl)c1. The van der Waals surface area contributed by atoms with Gasteiger partial charge in [-0.1, -0.05) is 23.2 Å². The minimum Gasteiger partial charge on any atom is -0.386 e. The van der Waals surface area contributed by atoms with Crippen LogP contribution in [0.1, 0.15) is 26.9 Å². The van der Waals surface area contributed by atoms with Crippen molar-refractivity contribution in [2.24, 2.45) is 0 Å². The second-order valence-electron chi connectivity index (χ2n) is 4.32. The van der Waals surface area contributed by atoms with E-state index in [4.69, 9.17) is 23.2 Å². The van der Waals surface area contributed by atoms with Gasteiger partial charge in [-0.05, 0) is 42.1 Å². The fourth-order valence-corrected chi connectivity index (χ4v) is 2.96. The lowest BCUT2D eigenvalue weighted by Crippen LogP contribution is -2.28. The third-order valence-electron chi connectivity index (χ3n) is 2.84. The Kier molecular flexibility index (Phi) is 5.05. The van der Waals surface area contributed by atoms with Crippen LogP contribution >= 0.6 is 34.5 Å². The Morgan fingerprint density at radius 3 is 2.70 bits per heavy atom. The van der Waals surface area contributed by atoms with Crippen molar-refractivity contribution in [2.75, 3.05) is 6.54 Å². The quantitative estimate of drug-likeness (QED) is 0.895. The fourth-order valence-electron chi connectivity index (χ4n) is 1.75. The van der Waals surface area contributed by atoms with Crippen LogP contribution in [0.3, 0.4) is 0 Å². The summed E-state index contributed by atoms with van der Waals surface area (Å²) in [6, 6.07) is 6.59. The van der Waals surface area contributed by atoms with E-state index in [2.05, 4.69) is 5.32 Å². The van der Waals surface area contributed by atoms with Crippen LogP contribution < -0.4 is 5.32 Å². The number of carbonyl (C=O) groups excluding carboxylic acids is 1. The molecule has 0 spiro atoms. The zero-order valence-corrected chi connectivity index (χ0v) is 13.0. The summed E-state index contributed by atoms with van der Waals surface area (Å²) in [4.78, 5) is 12.8. The van der Waals surface area contributed by atoms with E-state index in [9.17, 15) is 9.90 Å². The lowest BCUT2D eigenvalue weighted by molar-refractivity contribution is 0.0917. The van der Waals surface area contributed by atoms with Crippen molar-refractivity contribution >= 4 is 40.4 Å². The molecule has 6 heteroatoms. The largest absolute Gasteiger partial charge is 0.386 e. The second kappa shape index (κ2) is 6.59. The number of halogens is 2. The summed E-state index contributed by atoms with van der Waals surface area (Å²) in [5.74, 6) is -0.295. The minimum atomic E-state index is -0.707. The Bertz CT molecular complexity index is 627. The van der Waals surface area contributed by atoms with Gasteiger partial charge in [0.25, 0.3) is 5.91 Å². The van der Waals surface area contributed by atoms with E-state index >= 15 is 0 Å². The number of amides is 1. The third kappa shape index (κ3) is 3.52. The Morgan fingerprint density at radius 2 is 2.10 bits per heavy atom. The molecule has 3 nitrogen and oxygen atoms in total. The monoisotopic (exact) mass is 329 g/mol. The molecule has 2 aromatic rings. The lowest BCUT2D eigenvalue weighted by atomic mass is 10.2. The Hall–Kier alpha value is -1.07. The Morgan fingerprint density at radius 1 is 1.35 bits per heavy atom. The van der Waals surface area contributed by atoms with Crippen molar-refractivity contribution < 1.29 is 9.90 Å². The van der Waals surface area contributed by atoms with Crippen molar-refractivity contribution in [3.05, 3.63) is 55.7 Å². The molecule has 1 amide bonds. The Labute approximate surface area is 131 Å². The molecule has 0 aliphatic carbocycles. The van der Waals surface area contributed by atoms with Gasteiger partial charge in [0.2, 0.25) is 0 Å². The highest BCUT2D eigenvalue weighted by atomic mass is 35.5. The van der Waals surface area contributed by atoms with E-state index < -0.39 is 6.10 Å². The summed E-state index contributed by atoms with van der Waals surface area (Å²) >= 11 is 13.1. The minimum absolute atomic E-state index is 0.153. The van der Waals surface area contributed by atoms with Crippen molar-refractivity contribution in [1.82, 2.24) is 5.32 Å². The van der Waals surface area contributed by atoms with Gasteiger partial charge in [0, 0.05) is 17.0 Å². The predicted molar refractivity (Wildman–Crippen MR) is 82.8 cm³/mol. The molecule has 1 heterocycles. The average Bonchev–Trinajstić information content (AvgIpc) is 2.85. The molecule has 0 saturated heterocycles. The molecule has 0 unspecified atom stereocenters. The van der Waals surface area contributed by atoms with Gasteiger partial charge in [-0.3, -0.25) is 4.79 Å². The van der Waals surface area contributed by atoms with Gasteiger partial charge in [-0.15, -0.1) is 11.3 Å². The van der Waals surface area contributed by atoms with Crippen LogP contribution in [-0.2, 0) is 0 Å². The molecule has 0 radical (unpaired) electrons. The molecular formula is C14H13Cl2NO2S. The van der Waals surface area contributed by atoms with Crippen molar-refractivity contribution in [1.29, 1.82) is 0 Å². The van der Waals surface area contributed by atoms with Crippen LogP contribution in [0.4, 0.5) is 0 Å². The van der Waals surface area contributed by atoms with Crippen molar-refractivity contribution in [3.8, 4) is 0 Å². The van der Waals surface area contributed by atoms with Gasteiger partial charge in [-0.2, -0.15) is 0 Å². The zero-order valence-electron chi connectivity index (χ0n) is 10.7. The number of hydrogen-bond donors (Lipinski definition) is 2. The predicted octanol–water partition coefficient (Wildman–Crippen LogP) is 3.83. The van der Waals surface area contributed by atoms with Gasteiger partial charge in [0.1, 0.15) is 6.10 Å². The standard InChI is InChI=1S/C14H13Cl2NO2S/c1-8-4-5-20-13(8)12(18)7-17-14(19)9-2-3-10(15)11(16)6-9/h2-6,12,18H,7H2,1H3,(H,17,19)/t12-/m1/s1. The van der Waals surface area contributed by atoms with Gasteiger partial charge in [0.15, 0.2) is 0 Å². The molecule has 0 aliphatic rings. The van der Waals surface area contributed by atoms with Gasteiger partial charge in [-0.25, -0.2) is 0 Å². The van der Waals surface area contributed by atoms with E-state index in [0.29, 0.717) is 15.6 Å². The second-order valence-corrected chi connectivity index (χ2v) is 6.08. The van der Waals surface area contributed by atoms with Crippen LogP contribution in [0.25, 0.3) is 0 Å². The van der Waals surface area contributed by atoms with Gasteiger partial charge < -0.3 is 10.4 Å². The average molecular weight is 330 g/mol. The molecule has 0 saturated carbocycles. The molecule has 0 bridgehead atoms. The van der Waals surface area contributed by atoms with E-state index in [1.807, 2.05) is 18.4 Å². The summed E-state index contributed by atoms with van der Waals surface area (Å²) in [5, 5.41) is 15.3. The molecule has 1 aromatic carbocycles. The molecule has 20 heavy (non-hydrogen) atoms. The van der Waals surface area contributed by atoms with E-state index in [1.54, 1.807) is 12.1 Å². The van der Waals surface area contributed by atoms with E-state index in [-0.39, 0.29) is 12.5 Å². The Balaban J connectivity index is 1.98. The lowest BCUT2D eigenvalue weighted by Gasteiger charge is -2.12. The smallest absolute Gasteiger partial charge is 0.251 e. The number of nitrogens with one attached hydrogen (secondary N) is 1. The topological polar surface area (TPSA) is 49.3 Å². The number of rotatable bonds is 4. The van der Waals surface area contributed by atoms with Gasteiger partial charge >= 0.3 is 0 Å². The van der Waals surface area contributed by atoms with E-state index in [0.717, 1.165) is 10.4 Å². The van der Waals surface area contributed by atoms with Crippen molar-refractivity contribution in [2.45, 2.75) is 13.0 Å². The third-order valence-corrected chi connectivity index (χ3v) is 4.70. The molecule has 2 N–H and O–H groups in total. The molecular weight excluding hydrogens is 317 g/mol. The highest BCUT2D eigenvalue weighted by molar-refractivity contribution is 7.10. The molecule has 1 atom stereocenters. The highest BCUT2D eigenvalue weighted by Crippen LogP contribution is 2.24. The number of carbonyl (C=O) groups is 1. The summed E-state index contributed by atoms with van der Waals surface area (Å²) in [5.41, 5.74) is 1.43. The van der Waals surface area contributed by atoms with Crippen LogP contribution in [0.2, 0.25) is 10.0 Å². The number of hydrogen-bond acceptors (Lipinski definition) is 3. The molecule has 0 fully saturated rings. The maximum atomic E-state index is 11.9. The zero-order chi connectivity index (χ0) is 14.7. The van der Waals surface area contributed by atoms with Crippen LogP contribution in [0.5, 0.6) is 0 Å². The molecule has 0 aliphatic heterocycles. The van der Waals surface area contributed by atoms with Crippen LogP contribution in [-0.4, -0.2) is 17.6 Å². The number of aliphatic hydroxyl groups is 1. The summed E-state index contributed by atoms with van der Waals surface area (Å²) < 4.78 is 0. The normalized spacial score (nSPS) is 12.2. The van der Waals surface area contributed by atoms with Crippen LogP contribution in [0, 0.1) is 6.92 Å². The number of aliphatic hydroxyl groups excluding tert-OH is 1. The summed E-state index contributed by atoms with van der Waals surface area (Å²) in [6.07, 6.45) is -0.707. The number of thiophene rings is 1. The first-order chi connectivity index (χ1) is 9.49. The van der Waals surface area contributed by atoms with Crippen LogP contribution in [0.15, 0.2) is 29.6 Å². The maximum Gasteiger partial charge on any atom is 0.251 e. The van der Waals surface area contributed by atoms with E-state index in [1.165, 1.54) is 17.4 Å². The number of benzene rings is 1. The molecule has 2 rings (SSSR count). The summed E-state index contributed by atoms with van der Waals surface area (Å²) in [7, 11) is 0. The molecule has 1 aromatic heterocycles. The van der Waals surface area contributed by atoms with Crippen molar-refractivity contribution in [3.63, 3.8) is 0 Å². The first-order valence-corrected chi connectivity index (χ1v) is 7.58. The highest BCUT2D eigenvalue weighted by Gasteiger charge is 2.14. The summed E-state index contributed by atoms with van der Waals surface area (Å²) in [6.45, 7) is 2.08. The first kappa shape index (κ1) is 15.3. The number of aryl methyl sites for hydroxylation is 1.